The molecule has 0 heterocycles. The topological polar surface area (TPSA) is 0 Å². The summed E-state index contributed by atoms with van der Waals surface area (Å²) in [6.45, 7) is 2.26. The zero-order chi connectivity index (χ0) is 20.1. The van der Waals surface area contributed by atoms with Gasteiger partial charge in [0.25, 0.3) is 0 Å². The van der Waals surface area contributed by atoms with Gasteiger partial charge in [-0.3, -0.25) is 0 Å². The first-order chi connectivity index (χ1) is 14.2. The first kappa shape index (κ1) is 19.7. The van der Waals surface area contributed by atoms with Gasteiger partial charge >= 0.3 is 0 Å². The quantitative estimate of drug-likeness (QED) is 0.272. The van der Waals surface area contributed by atoms with E-state index in [2.05, 4.69) is 79.7 Å². The third-order valence-corrected chi connectivity index (χ3v) is 5.87. The molecule has 0 fully saturated rings. The van der Waals surface area contributed by atoms with Gasteiger partial charge in [0, 0.05) is 5.02 Å². The van der Waals surface area contributed by atoms with E-state index in [0.29, 0.717) is 0 Å². The van der Waals surface area contributed by atoms with Crippen LogP contribution in [-0.4, -0.2) is 0 Å². The molecule has 0 spiro atoms. The van der Waals surface area contributed by atoms with Gasteiger partial charge < -0.3 is 0 Å². The molecule has 29 heavy (non-hydrogen) atoms. The molecule has 0 radical (unpaired) electrons. The summed E-state index contributed by atoms with van der Waals surface area (Å²) >= 11 is 6.00. The maximum absolute atomic E-state index is 6.00. The van der Waals surface area contributed by atoms with Crippen molar-refractivity contribution in [3.63, 3.8) is 0 Å². The summed E-state index contributed by atoms with van der Waals surface area (Å²) in [6.07, 6.45) is 6.44. The van der Waals surface area contributed by atoms with Gasteiger partial charge in [-0.2, -0.15) is 0 Å². The molecule has 146 valence electrons. The predicted octanol–water partition coefficient (Wildman–Crippen LogP) is 8.95. The Morgan fingerprint density at radius 3 is 1.79 bits per heavy atom. The van der Waals surface area contributed by atoms with Crippen LogP contribution < -0.4 is 0 Å². The molecule has 0 atom stereocenters. The molecule has 0 bridgehead atoms. The number of hydrogen-bond acceptors (Lipinski definition) is 0. The Kier molecular flexibility index (Phi) is 6.32. The lowest BCUT2D eigenvalue weighted by molar-refractivity contribution is 0.667. The average molecular weight is 399 g/mol. The van der Waals surface area contributed by atoms with Crippen LogP contribution in [0.4, 0.5) is 0 Å². The van der Waals surface area contributed by atoms with Crippen LogP contribution in [0, 0.1) is 0 Å². The molecule has 0 aliphatic rings. The SMILES string of the molecule is CCCCCCc1ccc2cc(-c3ccc(-c4ccc(Cl)cc4)cc3)ccc2c1. The second-order valence-corrected chi connectivity index (χ2v) is 8.23. The molecule has 4 aromatic carbocycles. The van der Waals surface area contributed by atoms with Crippen molar-refractivity contribution in [2.24, 2.45) is 0 Å². The summed E-state index contributed by atoms with van der Waals surface area (Å²) < 4.78 is 0. The van der Waals surface area contributed by atoms with E-state index in [-0.39, 0.29) is 0 Å². The molecule has 0 aliphatic carbocycles. The van der Waals surface area contributed by atoms with Gasteiger partial charge in [-0.25, -0.2) is 0 Å². The van der Waals surface area contributed by atoms with Crippen molar-refractivity contribution in [1.29, 1.82) is 0 Å². The van der Waals surface area contributed by atoms with Gasteiger partial charge in [0.15, 0.2) is 0 Å². The van der Waals surface area contributed by atoms with E-state index in [0.717, 1.165) is 5.02 Å². The first-order valence-corrected chi connectivity index (χ1v) is 11.0. The summed E-state index contributed by atoms with van der Waals surface area (Å²) in [6, 6.07) is 30.5. The molecule has 4 rings (SSSR count). The molecule has 0 nitrogen and oxygen atoms in total. The summed E-state index contributed by atoms with van der Waals surface area (Å²) in [4.78, 5) is 0. The molecule has 0 N–H and O–H groups in total. The van der Waals surface area contributed by atoms with E-state index < -0.39 is 0 Å². The number of aryl methyl sites for hydroxylation is 1. The van der Waals surface area contributed by atoms with Gasteiger partial charge in [-0.05, 0) is 69.6 Å². The molecular formula is C28H27Cl. The third-order valence-electron chi connectivity index (χ3n) is 5.62. The molecule has 0 saturated carbocycles. The highest BCUT2D eigenvalue weighted by Crippen LogP contribution is 2.28. The average Bonchev–Trinajstić information content (AvgIpc) is 2.77. The van der Waals surface area contributed by atoms with E-state index >= 15 is 0 Å². The van der Waals surface area contributed by atoms with E-state index in [9.17, 15) is 0 Å². The van der Waals surface area contributed by atoms with Crippen molar-refractivity contribution >= 4 is 22.4 Å². The summed E-state index contributed by atoms with van der Waals surface area (Å²) in [7, 11) is 0. The highest BCUT2D eigenvalue weighted by molar-refractivity contribution is 6.30. The predicted molar refractivity (Wildman–Crippen MR) is 128 cm³/mol. The Morgan fingerprint density at radius 2 is 1.10 bits per heavy atom. The lowest BCUT2D eigenvalue weighted by Gasteiger charge is -2.08. The zero-order valence-corrected chi connectivity index (χ0v) is 17.8. The van der Waals surface area contributed by atoms with Crippen molar-refractivity contribution in [1.82, 2.24) is 0 Å². The van der Waals surface area contributed by atoms with Crippen LogP contribution in [0.25, 0.3) is 33.0 Å². The van der Waals surface area contributed by atoms with Gasteiger partial charge in [0.1, 0.15) is 0 Å². The van der Waals surface area contributed by atoms with Crippen LogP contribution in [0.3, 0.4) is 0 Å². The van der Waals surface area contributed by atoms with Crippen LogP contribution in [0.15, 0.2) is 84.9 Å². The number of hydrogen-bond donors (Lipinski definition) is 0. The Bertz CT molecular complexity index is 1080. The molecule has 1 heteroatoms. The summed E-state index contributed by atoms with van der Waals surface area (Å²) in [5.74, 6) is 0. The van der Waals surface area contributed by atoms with Crippen LogP contribution in [0.1, 0.15) is 38.2 Å². The van der Waals surface area contributed by atoms with Crippen molar-refractivity contribution in [3.8, 4) is 22.3 Å². The van der Waals surface area contributed by atoms with Crippen molar-refractivity contribution < 1.29 is 0 Å². The summed E-state index contributed by atoms with van der Waals surface area (Å²) in [5.41, 5.74) is 6.35. The van der Waals surface area contributed by atoms with Crippen molar-refractivity contribution in [2.75, 3.05) is 0 Å². The summed E-state index contributed by atoms with van der Waals surface area (Å²) in [5, 5.41) is 3.41. The van der Waals surface area contributed by atoms with Crippen LogP contribution in [-0.2, 0) is 6.42 Å². The Hall–Kier alpha value is -2.57. The fourth-order valence-corrected chi connectivity index (χ4v) is 4.01. The maximum Gasteiger partial charge on any atom is 0.0406 e. The highest BCUT2D eigenvalue weighted by atomic mass is 35.5. The fraction of sp³-hybridized carbons (Fsp3) is 0.214. The monoisotopic (exact) mass is 398 g/mol. The van der Waals surface area contributed by atoms with E-state index in [1.165, 1.54) is 70.7 Å². The Morgan fingerprint density at radius 1 is 0.552 bits per heavy atom. The van der Waals surface area contributed by atoms with Gasteiger partial charge in [0.2, 0.25) is 0 Å². The van der Waals surface area contributed by atoms with Crippen LogP contribution >= 0.6 is 11.6 Å². The van der Waals surface area contributed by atoms with E-state index in [1.54, 1.807) is 0 Å². The normalized spacial score (nSPS) is 11.1. The minimum absolute atomic E-state index is 0.769. The third kappa shape index (κ3) is 4.89. The lowest BCUT2D eigenvalue weighted by atomic mass is 9.97. The van der Waals surface area contributed by atoms with Crippen LogP contribution in [0.5, 0.6) is 0 Å². The second-order valence-electron chi connectivity index (χ2n) is 7.79. The first-order valence-electron chi connectivity index (χ1n) is 10.6. The number of fused-ring (bicyclic) bond motifs is 1. The molecule has 0 aromatic heterocycles. The van der Waals surface area contributed by atoms with Crippen LogP contribution in [0.2, 0.25) is 5.02 Å². The lowest BCUT2D eigenvalue weighted by Crippen LogP contribution is -1.87. The fourth-order valence-electron chi connectivity index (χ4n) is 3.88. The number of benzene rings is 4. The second kappa shape index (κ2) is 9.29. The maximum atomic E-state index is 6.00. The van der Waals surface area contributed by atoms with Gasteiger partial charge in [0.05, 0.1) is 0 Å². The van der Waals surface area contributed by atoms with E-state index in [4.69, 9.17) is 11.6 Å². The van der Waals surface area contributed by atoms with Crippen molar-refractivity contribution in [2.45, 2.75) is 39.0 Å². The Balaban J connectivity index is 1.52. The standard InChI is InChI=1S/C28H27Cl/c1-2-3-4-5-6-21-7-8-27-20-26(14-13-25(27)19-21)24-11-9-22(10-12-24)23-15-17-28(29)18-16-23/h7-20H,2-6H2,1H3. The van der Waals surface area contributed by atoms with Crippen molar-refractivity contribution in [3.05, 3.63) is 95.5 Å². The van der Waals surface area contributed by atoms with E-state index in [1.807, 2.05) is 12.1 Å². The van der Waals surface area contributed by atoms with Gasteiger partial charge in [-0.1, -0.05) is 105 Å². The number of unbranched alkanes of at least 4 members (excludes halogenated alkanes) is 3. The number of halogens is 1. The molecule has 0 unspecified atom stereocenters. The molecule has 0 amide bonds. The minimum atomic E-state index is 0.769. The molecule has 0 aliphatic heterocycles. The zero-order valence-electron chi connectivity index (χ0n) is 17.0. The molecule has 4 aromatic rings. The van der Waals surface area contributed by atoms with Gasteiger partial charge in [-0.15, -0.1) is 0 Å². The highest BCUT2D eigenvalue weighted by Gasteiger charge is 2.03. The largest absolute Gasteiger partial charge is 0.0843 e. The smallest absolute Gasteiger partial charge is 0.0406 e. The molecule has 0 saturated heterocycles. The number of rotatable bonds is 7. The Labute approximate surface area is 179 Å². The molecular weight excluding hydrogens is 372 g/mol. The minimum Gasteiger partial charge on any atom is -0.0843 e.